The molecule has 1 aromatic heterocycles. The van der Waals surface area contributed by atoms with Crippen LogP contribution in [-0.4, -0.2) is 58.0 Å². The van der Waals surface area contributed by atoms with Crippen LogP contribution in [0.1, 0.15) is 29.8 Å². The molecule has 2 saturated heterocycles. The van der Waals surface area contributed by atoms with Gasteiger partial charge < -0.3 is 19.4 Å². The number of benzene rings is 1. The maximum atomic E-state index is 12.6. The molecule has 3 heterocycles. The molecule has 8 nitrogen and oxygen atoms in total. The second-order valence-corrected chi connectivity index (χ2v) is 9.05. The molecule has 0 spiro atoms. The lowest BCUT2D eigenvalue weighted by atomic mass is 10.1. The number of sulfonamides is 1. The number of morpholine rings is 1. The van der Waals surface area contributed by atoms with Gasteiger partial charge in [0.15, 0.2) is 5.76 Å². The molecule has 0 aliphatic carbocycles. The third-order valence-corrected chi connectivity index (χ3v) is 6.99. The second-order valence-electron chi connectivity index (χ2n) is 7.18. The van der Waals surface area contributed by atoms with Crippen LogP contribution >= 0.6 is 0 Å². The number of rotatable bonds is 5. The van der Waals surface area contributed by atoms with E-state index in [4.69, 9.17) is 9.15 Å². The van der Waals surface area contributed by atoms with Crippen molar-refractivity contribution in [3.8, 4) is 0 Å². The summed E-state index contributed by atoms with van der Waals surface area (Å²) in [6.07, 6.45) is 3.68. The van der Waals surface area contributed by atoms with Crippen molar-refractivity contribution in [3.63, 3.8) is 0 Å². The Kier molecular flexibility index (Phi) is 5.89. The normalized spacial score (nSPS) is 18.6. The molecule has 2 fully saturated rings. The minimum absolute atomic E-state index is 0.0445. The monoisotopic (exact) mass is 419 g/mol. The van der Waals surface area contributed by atoms with E-state index < -0.39 is 15.9 Å². The molecule has 0 bridgehead atoms. The molecule has 29 heavy (non-hydrogen) atoms. The smallest absolute Gasteiger partial charge is 0.291 e. The molecule has 2 aliphatic rings. The molecule has 4 rings (SSSR count). The van der Waals surface area contributed by atoms with E-state index in [0.717, 1.165) is 18.8 Å². The Morgan fingerprint density at radius 1 is 0.897 bits per heavy atom. The summed E-state index contributed by atoms with van der Waals surface area (Å²) >= 11 is 0. The Balaban J connectivity index is 1.41. The van der Waals surface area contributed by atoms with Gasteiger partial charge in [-0.15, -0.1) is 0 Å². The number of furan rings is 1. The predicted octanol–water partition coefficient (Wildman–Crippen LogP) is 2.54. The van der Waals surface area contributed by atoms with Crippen LogP contribution < -0.4 is 10.2 Å². The molecule has 1 aromatic carbocycles. The number of carbonyl (C=O) groups is 1. The van der Waals surface area contributed by atoms with E-state index in [-0.39, 0.29) is 23.9 Å². The molecular formula is C20H25N3O5S. The fraction of sp³-hybridized carbons (Fsp3) is 0.450. The number of nitrogens with one attached hydrogen (secondary N) is 1. The maximum Gasteiger partial charge on any atom is 0.291 e. The molecule has 1 amide bonds. The van der Waals surface area contributed by atoms with Gasteiger partial charge in [0.25, 0.3) is 15.9 Å². The van der Waals surface area contributed by atoms with E-state index in [1.165, 1.54) is 35.7 Å². The highest BCUT2D eigenvalue weighted by molar-refractivity contribution is 7.89. The molecule has 2 aromatic rings. The zero-order chi connectivity index (χ0) is 20.3. The lowest BCUT2D eigenvalue weighted by Crippen LogP contribution is -2.40. The van der Waals surface area contributed by atoms with E-state index in [0.29, 0.717) is 18.9 Å². The standard InChI is InChI=1S/C20H25N3O5S/c24-20(21-16-4-6-17(7-5-16)22-10-2-1-3-11-22)18-8-9-19(28-18)29(25,26)23-12-14-27-15-13-23/h4-9H,1-3,10-15H2,(H,21,24). The quantitative estimate of drug-likeness (QED) is 0.801. The number of ether oxygens (including phenoxy) is 1. The van der Waals surface area contributed by atoms with Gasteiger partial charge in [-0.05, 0) is 55.7 Å². The molecule has 9 heteroatoms. The van der Waals surface area contributed by atoms with Crippen LogP contribution in [0.4, 0.5) is 11.4 Å². The average molecular weight is 420 g/mol. The van der Waals surface area contributed by atoms with Gasteiger partial charge in [-0.1, -0.05) is 0 Å². The Labute approximate surface area is 170 Å². The van der Waals surface area contributed by atoms with Gasteiger partial charge in [-0.2, -0.15) is 4.31 Å². The number of hydrogen-bond donors (Lipinski definition) is 1. The summed E-state index contributed by atoms with van der Waals surface area (Å²) in [6, 6.07) is 10.4. The Bertz CT molecular complexity index is 943. The lowest BCUT2D eigenvalue weighted by molar-refractivity contribution is 0.0723. The van der Waals surface area contributed by atoms with Crippen molar-refractivity contribution in [3.05, 3.63) is 42.2 Å². The topological polar surface area (TPSA) is 92.1 Å². The van der Waals surface area contributed by atoms with Crippen molar-refractivity contribution in [2.45, 2.75) is 24.4 Å². The SMILES string of the molecule is O=C(Nc1ccc(N2CCCCC2)cc1)c1ccc(S(=O)(=O)N2CCOCC2)o1. The molecule has 0 atom stereocenters. The highest BCUT2D eigenvalue weighted by Crippen LogP contribution is 2.23. The lowest BCUT2D eigenvalue weighted by Gasteiger charge is -2.28. The van der Waals surface area contributed by atoms with E-state index in [2.05, 4.69) is 10.2 Å². The van der Waals surface area contributed by atoms with Gasteiger partial charge in [0, 0.05) is 37.6 Å². The number of carbonyl (C=O) groups excluding carboxylic acids is 1. The van der Waals surface area contributed by atoms with Crippen molar-refractivity contribution in [2.75, 3.05) is 49.6 Å². The third-order valence-electron chi connectivity index (χ3n) is 5.22. The average Bonchev–Trinajstić information content (AvgIpc) is 3.27. The first kappa shape index (κ1) is 19.9. The van der Waals surface area contributed by atoms with Crippen molar-refractivity contribution in [1.29, 1.82) is 0 Å². The van der Waals surface area contributed by atoms with Gasteiger partial charge in [-0.3, -0.25) is 4.79 Å². The van der Waals surface area contributed by atoms with Crippen LogP contribution in [0.5, 0.6) is 0 Å². The Morgan fingerprint density at radius 2 is 1.59 bits per heavy atom. The van der Waals surface area contributed by atoms with E-state index in [1.54, 1.807) is 0 Å². The first-order valence-electron chi connectivity index (χ1n) is 9.88. The molecule has 156 valence electrons. The Hall–Kier alpha value is -2.36. The van der Waals surface area contributed by atoms with Crippen LogP contribution in [0.2, 0.25) is 0 Å². The maximum absolute atomic E-state index is 12.6. The highest BCUT2D eigenvalue weighted by atomic mass is 32.2. The number of amides is 1. The summed E-state index contributed by atoms with van der Waals surface area (Å²) in [6.45, 7) is 3.35. The summed E-state index contributed by atoms with van der Waals surface area (Å²) in [5, 5.41) is 2.52. The predicted molar refractivity (Wildman–Crippen MR) is 109 cm³/mol. The van der Waals surface area contributed by atoms with Crippen LogP contribution in [-0.2, 0) is 14.8 Å². The molecule has 0 radical (unpaired) electrons. The zero-order valence-electron chi connectivity index (χ0n) is 16.2. The zero-order valence-corrected chi connectivity index (χ0v) is 17.0. The minimum Gasteiger partial charge on any atom is -0.438 e. The highest BCUT2D eigenvalue weighted by Gasteiger charge is 2.30. The van der Waals surface area contributed by atoms with Crippen molar-refractivity contribution in [1.82, 2.24) is 4.31 Å². The summed E-state index contributed by atoms with van der Waals surface area (Å²) in [5.41, 5.74) is 1.77. The fourth-order valence-electron chi connectivity index (χ4n) is 3.60. The largest absolute Gasteiger partial charge is 0.438 e. The molecule has 2 aliphatic heterocycles. The van der Waals surface area contributed by atoms with Crippen LogP contribution in [0, 0.1) is 0 Å². The molecule has 0 unspecified atom stereocenters. The Morgan fingerprint density at radius 3 is 2.28 bits per heavy atom. The van der Waals surface area contributed by atoms with Gasteiger partial charge in [0.1, 0.15) is 0 Å². The first-order chi connectivity index (χ1) is 14.0. The van der Waals surface area contributed by atoms with Gasteiger partial charge in [-0.25, -0.2) is 8.42 Å². The second kappa shape index (κ2) is 8.56. The number of anilines is 2. The third kappa shape index (κ3) is 4.47. The van der Waals surface area contributed by atoms with Gasteiger partial charge in [0.2, 0.25) is 5.09 Å². The molecule has 0 saturated carbocycles. The van der Waals surface area contributed by atoms with Crippen LogP contribution in [0.3, 0.4) is 0 Å². The van der Waals surface area contributed by atoms with Gasteiger partial charge >= 0.3 is 0 Å². The van der Waals surface area contributed by atoms with Crippen LogP contribution in [0.25, 0.3) is 0 Å². The van der Waals surface area contributed by atoms with E-state index >= 15 is 0 Å². The van der Waals surface area contributed by atoms with Crippen molar-refractivity contribution in [2.24, 2.45) is 0 Å². The fourth-order valence-corrected chi connectivity index (χ4v) is 4.91. The number of piperidine rings is 1. The van der Waals surface area contributed by atoms with Crippen molar-refractivity contribution >= 4 is 27.3 Å². The van der Waals surface area contributed by atoms with Crippen molar-refractivity contribution < 1.29 is 22.4 Å². The van der Waals surface area contributed by atoms with Gasteiger partial charge in [0.05, 0.1) is 13.2 Å². The summed E-state index contributed by atoms with van der Waals surface area (Å²) in [4.78, 5) is 14.8. The number of hydrogen-bond acceptors (Lipinski definition) is 6. The minimum atomic E-state index is -3.76. The summed E-state index contributed by atoms with van der Waals surface area (Å²) in [5.74, 6) is -0.531. The summed E-state index contributed by atoms with van der Waals surface area (Å²) < 4.78 is 37.1. The van der Waals surface area contributed by atoms with E-state index in [1.807, 2.05) is 24.3 Å². The van der Waals surface area contributed by atoms with Crippen LogP contribution in [0.15, 0.2) is 45.9 Å². The number of nitrogens with zero attached hydrogens (tertiary/aromatic N) is 2. The van der Waals surface area contributed by atoms with E-state index in [9.17, 15) is 13.2 Å². The molecular weight excluding hydrogens is 394 g/mol. The summed E-state index contributed by atoms with van der Waals surface area (Å²) in [7, 11) is -3.76. The first-order valence-corrected chi connectivity index (χ1v) is 11.3. The molecule has 1 N–H and O–H groups in total.